The van der Waals surface area contributed by atoms with Crippen LogP contribution in [0.2, 0.25) is 0 Å². The molecule has 0 aliphatic carbocycles. The minimum absolute atomic E-state index is 0.112. The maximum Gasteiger partial charge on any atom is 0.0853 e. The van der Waals surface area contributed by atoms with Gasteiger partial charge in [-0.05, 0) is 19.6 Å². The van der Waals surface area contributed by atoms with Crippen LogP contribution in [0, 0.1) is 0 Å². The summed E-state index contributed by atoms with van der Waals surface area (Å²) < 4.78 is 1.97. The van der Waals surface area contributed by atoms with E-state index >= 15 is 0 Å². The van der Waals surface area contributed by atoms with Gasteiger partial charge in [-0.3, -0.25) is 4.68 Å². The number of hydrogen-bond donors (Lipinski definition) is 1. The van der Waals surface area contributed by atoms with Crippen LogP contribution in [0.25, 0.3) is 0 Å². The van der Waals surface area contributed by atoms with Gasteiger partial charge >= 0.3 is 0 Å². The first-order chi connectivity index (χ1) is 6.74. The van der Waals surface area contributed by atoms with Gasteiger partial charge in [0.25, 0.3) is 0 Å². The quantitative estimate of drug-likeness (QED) is 0.811. The number of thioether (sulfide) groups is 1. The molecule has 0 unspecified atom stereocenters. The molecule has 3 nitrogen and oxygen atoms in total. The number of nitrogens with zero attached hydrogens (tertiary/aromatic N) is 2. The summed E-state index contributed by atoms with van der Waals surface area (Å²) in [4.78, 5) is 0. The fraction of sp³-hybridized carbons (Fsp3) is 0.700. The highest BCUT2D eigenvalue weighted by atomic mass is 32.2. The molecule has 0 amide bonds. The van der Waals surface area contributed by atoms with E-state index in [2.05, 4.69) is 18.9 Å². The van der Waals surface area contributed by atoms with E-state index in [4.69, 9.17) is 0 Å². The SMILES string of the molecule is CC(C)n1nc2c(c1CO)CSCC2. The van der Waals surface area contributed by atoms with E-state index < -0.39 is 0 Å². The fourth-order valence-electron chi connectivity index (χ4n) is 1.86. The van der Waals surface area contributed by atoms with Crippen LogP contribution in [0.15, 0.2) is 0 Å². The molecular formula is C10H16N2OS. The Morgan fingerprint density at radius 2 is 2.36 bits per heavy atom. The van der Waals surface area contributed by atoms with Crippen LogP contribution < -0.4 is 0 Å². The lowest BCUT2D eigenvalue weighted by Gasteiger charge is -2.11. The summed E-state index contributed by atoms with van der Waals surface area (Å²) in [6.07, 6.45) is 1.05. The first-order valence-electron chi connectivity index (χ1n) is 5.01. The second kappa shape index (κ2) is 3.95. The molecule has 0 fully saturated rings. The van der Waals surface area contributed by atoms with Crippen LogP contribution in [0.3, 0.4) is 0 Å². The maximum absolute atomic E-state index is 9.34. The van der Waals surface area contributed by atoms with Gasteiger partial charge in [0.15, 0.2) is 0 Å². The normalized spacial score (nSPS) is 16.0. The zero-order valence-corrected chi connectivity index (χ0v) is 9.47. The van der Waals surface area contributed by atoms with Gasteiger partial charge in [0.2, 0.25) is 0 Å². The van der Waals surface area contributed by atoms with Gasteiger partial charge in [-0.1, -0.05) is 0 Å². The molecule has 1 N–H and O–H groups in total. The molecule has 0 bridgehead atoms. The molecule has 1 aliphatic rings. The highest BCUT2D eigenvalue weighted by molar-refractivity contribution is 7.98. The average Bonchev–Trinajstić information content (AvgIpc) is 2.56. The molecule has 0 spiro atoms. The van der Waals surface area contributed by atoms with E-state index in [9.17, 15) is 5.11 Å². The summed E-state index contributed by atoms with van der Waals surface area (Å²) in [6, 6.07) is 0.341. The summed E-state index contributed by atoms with van der Waals surface area (Å²) in [5.41, 5.74) is 3.49. The Balaban J connectivity index is 2.46. The predicted octanol–water partition coefficient (Wildman–Crippen LogP) is 1.75. The third-order valence-corrected chi connectivity index (χ3v) is 3.56. The van der Waals surface area contributed by atoms with E-state index in [0.29, 0.717) is 6.04 Å². The second-order valence-corrected chi connectivity index (χ2v) is 4.98. The Morgan fingerprint density at radius 3 is 3.00 bits per heavy atom. The zero-order chi connectivity index (χ0) is 10.1. The van der Waals surface area contributed by atoms with Crippen molar-refractivity contribution < 1.29 is 5.11 Å². The molecule has 2 heterocycles. The molecule has 4 heteroatoms. The highest BCUT2D eigenvalue weighted by Crippen LogP contribution is 2.28. The van der Waals surface area contributed by atoms with Gasteiger partial charge in [0.1, 0.15) is 0 Å². The third-order valence-electron chi connectivity index (χ3n) is 2.57. The van der Waals surface area contributed by atoms with Crippen LogP contribution in [0.4, 0.5) is 0 Å². The third kappa shape index (κ3) is 1.57. The Morgan fingerprint density at radius 1 is 1.57 bits per heavy atom. The Bertz CT molecular complexity index is 333. The van der Waals surface area contributed by atoms with Gasteiger partial charge in [-0.2, -0.15) is 16.9 Å². The number of hydrogen-bond acceptors (Lipinski definition) is 3. The van der Waals surface area contributed by atoms with Crippen LogP contribution in [-0.4, -0.2) is 20.6 Å². The first-order valence-corrected chi connectivity index (χ1v) is 6.17. The van der Waals surface area contributed by atoms with Gasteiger partial charge in [-0.15, -0.1) is 0 Å². The van der Waals surface area contributed by atoms with Crippen molar-refractivity contribution in [3.63, 3.8) is 0 Å². The highest BCUT2D eigenvalue weighted by Gasteiger charge is 2.20. The summed E-state index contributed by atoms with van der Waals surface area (Å²) in [7, 11) is 0. The zero-order valence-electron chi connectivity index (χ0n) is 8.66. The van der Waals surface area contributed by atoms with E-state index in [-0.39, 0.29) is 6.61 Å². The van der Waals surface area contributed by atoms with Gasteiger partial charge in [0, 0.05) is 23.8 Å². The number of aromatic nitrogens is 2. The summed E-state index contributed by atoms with van der Waals surface area (Å²) >= 11 is 1.93. The molecule has 1 aliphatic heterocycles. The van der Waals surface area contributed by atoms with E-state index in [1.54, 1.807) is 0 Å². The number of aliphatic hydroxyl groups is 1. The van der Waals surface area contributed by atoms with E-state index in [1.165, 1.54) is 11.3 Å². The molecule has 78 valence electrons. The van der Waals surface area contributed by atoms with Crippen LogP contribution in [0.5, 0.6) is 0 Å². The number of rotatable bonds is 2. The largest absolute Gasteiger partial charge is 0.390 e. The van der Waals surface area contributed by atoms with Crippen LogP contribution in [0.1, 0.15) is 36.8 Å². The molecular weight excluding hydrogens is 196 g/mol. The summed E-state index contributed by atoms with van der Waals surface area (Å²) in [5.74, 6) is 2.17. The molecule has 2 rings (SSSR count). The monoisotopic (exact) mass is 212 g/mol. The number of aliphatic hydroxyl groups excluding tert-OH is 1. The van der Waals surface area contributed by atoms with Crippen LogP contribution in [-0.2, 0) is 18.8 Å². The maximum atomic E-state index is 9.34. The van der Waals surface area contributed by atoms with E-state index in [0.717, 1.165) is 23.6 Å². The van der Waals surface area contributed by atoms with Crippen molar-refractivity contribution in [3.8, 4) is 0 Å². The van der Waals surface area contributed by atoms with Crippen molar-refractivity contribution in [1.29, 1.82) is 0 Å². The summed E-state index contributed by atoms with van der Waals surface area (Å²) in [5, 5.41) is 13.9. The molecule has 0 atom stereocenters. The number of fused-ring (bicyclic) bond motifs is 1. The lowest BCUT2D eigenvalue weighted by Crippen LogP contribution is -2.08. The Kier molecular flexibility index (Phi) is 2.83. The topological polar surface area (TPSA) is 38.0 Å². The van der Waals surface area contributed by atoms with Crippen molar-refractivity contribution >= 4 is 11.8 Å². The molecule has 1 aromatic heterocycles. The van der Waals surface area contributed by atoms with Gasteiger partial charge in [0.05, 0.1) is 18.0 Å². The second-order valence-electron chi connectivity index (χ2n) is 3.87. The molecule has 0 aromatic carbocycles. The standard InChI is InChI=1S/C10H16N2OS/c1-7(2)12-10(5-13)8-6-14-4-3-9(8)11-12/h7,13H,3-6H2,1-2H3. The minimum atomic E-state index is 0.112. The van der Waals surface area contributed by atoms with Crippen molar-refractivity contribution in [2.24, 2.45) is 0 Å². The van der Waals surface area contributed by atoms with Gasteiger partial charge < -0.3 is 5.11 Å². The van der Waals surface area contributed by atoms with Crippen molar-refractivity contribution in [3.05, 3.63) is 17.0 Å². The fourth-order valence-corrected chi connectivity index (χ4v) is 2.88. The molecule has 14 heavy (non-hydrogen) atoms. The molecule has 0 saturated heterocycles. The predicted molar refractivity (Wildman–Crippen MR) is 58.4 cm³/mol. The van der Waals surface area contributed by atoms with Crippen molar-refractivity contribution in [1.82, 2.24) is 9.78 Å². The average molecular weight is 212 g/mol. The van der Waals surface area contributed by atoms with E-state index in [1.807, 2.05) is 16.4 Å². The van der Waals surface area contributed by atoms with Crippen molar-refractivity contribution in [2.45, 2.75) is 38.7 Å². The lowest BCUT2D eigenvalue weighted by molar-refractivity contribution is 0.263. The van der Waals surface area contributed by atoms with Crippen LogP contribution >= 0.6 is 11.8 Å². The Labute approximate surface area is 88.5 Å². The smallest absolute Gasteiger partial charge is 0.0853 e. The van der Waals surface area contributed by atoms with Crippen molar-refractivity contribution in [2.75, 3.05) is 5.75 Å². The first kappa shape index (κ1) is 10.1. The summed E-state index contributed by atoms with van der Waals surface area (Å²) in [6.45, 7) is 4.32. The Hall–Kier alpha value is -0.480. The molecule has 1 aromatic rings. The van der Waals surface area contributed by atoms with Gasteiger partial charge in [-0.25, -0.2) is 0 Å². The number of aryl methyl sites for hydroxylation is 1. The molecule has 0 radical (unpaired) electrons. The molecule has 0 saturated carbocycles. The minimum Gasteiger partial charge on any atom is -0.390 e. The lowest BCUT2D eigenvalue weighted by atomic mass is 10.1.